The maximum absolute atomic E-state index is 5.76. The van der Waals surface area contributed by atoms with Crippen molar-refractivity contribution in [2.45, 2.75) is 25.9 Å². The summed E-state index contributed by atoms with van der Waals surface area (Å²) in [6.45, 7) is 2.01. The zero-order valence-corrected chi connectivity index (χ0v) is 12.4. The van der Waals surface area contributed by atoms with Crippen LogP contribution in [0.2, 0.25) is 0 Å². The third-order valence-electron chi connectivity index (χ3n) is 3.14. The van der Waals surface area contributed by atoms with Crippen molar-refractivity contribution in [2.75, 3.05) is 0 Å². The van der Waals surface area contributed by atoms with Crippen molar-refractivity contribution >= 4 is 17.2 Å². The minimum absolute atomic E-state index is 0.190. The van der Waals surface area contributed by atoms with Crippen LogP contribution in [0.3, 0.4) is 0 Å². The molecule has 3 heteroatoms. The SMILES string of the molecule is CCC(Oc1ccc(Cc2ccccc2)cc1)C(N)=S. The Morgan fingerprint density at radius 3 is 2.20 bits per heavy atom. The molecule has 104 valence electrons. The molecule has 0 saturated heterocycles. The maximum atomic E-state index is 5.76. The summed E-state index contributed by atoms with van der Waals surface area (Å²) in [6, 6.07) is 18.5. The molecule has 2 nitrogen and oxygen atoms in total. The monoisotopic (exact) mass is 285 g/mol. The Morgan fingerprint density at radius 2 is 1.65 bits per heavy atom. The predicted molar refractivity (Wildman–Crippen MR) is 87.2 cm³/mol. The van der Waals surface area contributed by atoms with Crippen LogP contribution >= 0.6 is 12.2 Å². The van der Waals surface area contributed by atoms with Gasteiger partial charge in [0.15, 0.2) is 0 Å². The fourth-order valence-corrected chi connectivity index (χ4v) is 2.24. The largest absolute Gasteiger partial charge is 0.483 e. The quantitative estimate of drug-likeness (QED) is 0.822. The Hall–Kier alpha value is -1.87. The molecule has 0 aromatic heterocycles. The maximum Gasteiger partial charge on any atom is 0.148 e. The van der Waals surface area contributed by atoms with E-state index in [0.717, 1.165) is 18.6 Å². The van der Waals surface area contributed by atoms with Gasteiger partial charge in [-0.1, -0.05) is 61.6 Å². The number of thiocarbonyl (C=S) groups is 1. The van der Waals surface area contributed by atoms with Gasteiger partial charge in [0.25, 0.3) is 0 Å². The molecule has 2 aromatic rings. The molecule has 0 fully saturated rings. The van der Waals surface area contributed by atoms with Gasteiger partial charge in [0.1, 0.15) is 16.8 Å². The van der Waals surface area contributed by atoms with Crippen molar-refractivity contribution in [1.29, 1.82) is 0 Å². The Morgan fingerprint density at radius 1 is 1.05 bits per heavy atom. The summed E-state index contributed by atoms with van der Waals surface area (Å²) in [6.07, 6.45) is 1.51. The molecule has 1 unspecified atom stereocenters. The number of rotatable bonds is 6. The van der Waals surface area contributed by atoms with E-state index in [2.05, 4.69) is 36.4 Å². The lowest BCUT2D eigenvalue weighted by Gasteiger charge is -2.16. The molecule has 20 heavy (non-hydrogen) atoms. The van der Waals surface area contributed by atoms with E-state index in [4.69, 9.17) is 22.7 Å². The molecule has 0 spiro atoms. The molecule has 2 rings (SSSR count). The van der Waals surface area contributed by atoms with Crippen LogP contribution < -0.4 is 10.5 Å². The molecular formula is C17H19NOS. The lowest BCUT2D eigenvalue weighted by atomic mass is 10.1. The molecule has 0 saturated carbocycles. The molecule has 0 amide bonds. The Kier molecular flexibility index (Phi) is 5.13. The number of benzene rings is 2. The van der Waals surface area contributed by atoms with Gasteiger partial charge >= 0.3 is 0 Å². The summed E-state index contributed by atoms with van der Waals surface area (Å²) in [7, 11) is 0. The van der Waals surface area contributed by atoms with Crippen LogP contribution in [0, 0.1) is 0 Å². The molecule has 2 N–H and O–H groups in total. The second kappa shape index (κ2) is 7.06. The van der Waals surface area contributed by atoms with Crippen LogP contribution in [0.25, 0.3) is 0 Å². The first-order valence-electron chi connectivity index (χ1n) is 6.78. The van der Waals surface area contributed by atoms with E-state index in [1.807, 2.05) is 25.1 Å². The van der Waals surface area contributed by atoms with E-state index in [1.165, 1.54) is 11.1 Å². The van der Waals surface area contributed by atoms with E-state index in [9.17, 15) is 0 Å². The van der Waals surface area contributed by atoms with Gasteiger partial charge in [-0.15, -0.1) is 0 Å². The molecular weight excluding hydrogens is 266 g/mol. The van der Waals surface area contributed by atoms with Crippen molar-refractivity contribution < 1.29 is 4.74 Å². The second-order valence-corrected chi connectivity index (χ2v) is 5.19. The van der Waals surface area contributed by atoms with Gasteiger partial charge < -0.3 is 10.5 Å². The first-order valence-corrected chi connectivity index (χ1v) is 7.18. The van der Waals surface area contributed by atoms with Gasteiger partial charge in [-0.2, -0.15) is 0 Å². The topological polar surface area (TPSA) is 35.2 Å². The summed E-state index contributed by atoms with van der Waals surface area (Å²) in [4.78, 5) is 0.404. The number of ether oxygens (including phenoxy) is 1. The first kappa shape index (κ1) is 14.5. The molecule has 0 aliphatic heterocycles. The molecule has 0 aliphatic rings. The predicted octanol–water partition coefficient (Wildman–Crippen LogP) is 3.72. The van der Waals surface area contributed by atoms with Crippen LogP contribution in [0.5, 0.6) is 5.75 Å². The first-order chi connectivity index (χ1) is 9.69. The van der Waals surface area contributed by atoms with Crippen LogP contribution in [-0.4, -0.2) is 11.1 Å². The lowest BCUT2D eigenvalue weighted by Crippen LogP contribution is -2.31. The van der Waals surface area contributed by atoms with E-state index in [-0.39, 0.29) is 6.10 Å². The minimum atomic E-state index is -0.190. The van der Waals surface area contributed by atoms with Gasteiger partial charge in [0.2, 0.25) is 0 Å². The second-order valence-electron chi connectivity index (χ2n) is 4.72. The summed E-state index contributed by atoms with van der Waals surface area (Å²) >= 11 is 4.98. The zero-order valence-electron chi connectivity index (χ0n) is 11.6. The van der Waals surface area contributed by atoms with Crippen LogP contribution in [0.4, 0.5) is 0 Å². The van der Waals surface area contributed by atoms with Crippen LogP contribution in [0.1, 0.15) is 24.5 Å². The van der Waals surface area contributed by atoms with Crippen molar-refractivity contribution in [3.05, 3.63) is 65.7 Å². The highest BCUT2D eigenvalue weighted by molar-refractivity contribution is 7.80. The van der Waals surface area contributed by atoms with Gasteiger partial charge in [-0.3, -0.25) is 0 Å². The summed E-state index contributed by atoms with van der Waals surface area (Å²) < 4.78 is 5.76. The van der Waals surface area contributed by atoms with Crippen molar-refractivity contribution in [3.8, 4) is 5.75 Å². The minimum Gasteiger partial charge on any atom is -0.483 e. The van der Waals surface area contributed by atoms with Gasteiger partial charge in [0.05, 0.1) is 0 Å². The molecule has 0 bridgehead atoms. The molecule has 0 aliphatic carbocycles. The fourth-order valence-electron chi connectivity index (χ4n) is 2.02. The average molecular weight is 285 g/mol. The smallest absolute Gasteiger partial charge is 0.148 e. The summed E-state index contributed by atoms with van der Waals surface area (Å²) in [5.41, 5.74) is 8.19. The Bertz CT molecular complexity index is 551. The Labute approximate surface area is 125 Å². The summed E-state index contributed by atoms with van der Waals surface area (Å²) in [5.74, 6) is 0.807. The highest BCUT2D eigenvalue weighted by atomic mass is 32.1. The Balaban J connectivity index is 2.01. The zero-order chi connectivity index (χ0) is 14.4. The van der Waals surface area contributed by atoms with Gasteiger partial charge in [-0.25, -0.2) is 0 Å². The molecule has 0 heterocycles. The third-order valence-corrected chi connectivity index (χ3v) is 3.40. The third kappa shape index (κ3) is 4.07. The van der Waals surface area contributed by atoms with Gasteiger partial charge in [-0.05, 0) is 36.1 Å². The summed E-state index contributed by atoms with van der Waals surface area (Å²) in [5, 5.41) is 0. The van der Waals surface area contributed by atoms with Gasteiger partial charge in [0, 0.05) is 0 Å². The van der Waals surface area contributed by atoms with Crippen LogP contribution in [-0.2, 0) is 6.42 Å². The normalized spacial score (nSPS) is 11.8. The molecule has 2 aromatic carbocycles. The van der Waals surface area contributed by atoms with Crippen molar-refractivity contribution in [3.63, 3.8) is 0 Å². The van der Waals surface area contributed by atoms with E-state index in [1.54, 1.807) is 0 Å². The number of hydrogen-bond donors (Lipinski definition) is 1. The average Bonchev–Trinajstić information content (AvgIpc) is 2.47. The van der Waals surface area contributed by atoms with E-state index in [0.29, 0.717) is 4.99 Å². The molecule has 1 atom stereocenters. The standard InChI is InChI=1S/C17H19NOS/c1-2-16(17(18)20)19-15-10-8-14(9-11-15)12-13-6-4-3-5-7-13/h3-11,16H,2,12H2,1H3,(H2,18,20). The number of hydrogen-bond acceptors (Lipinski definition) is 2. The lowest BCUT2D eigenvalue weighted by molar-refractivity contribution is 0.264. The van der Waals surface area contributed by atoms with Crippen molar-refractivity contribution in [2.24, 2.45) is 5.73 Å². The highest BCUT2D eigenvalue weighted by Crippen LogP contribution is 2.17. The van der Waals surface area contributed by atoms with Crippen molar-refractivity contribution in [1.82, 2.24) is 0 Å². The van der Waals surface area contributed by atoms with E-state index < -0.39 is 0 Å². The molecule has 0 radical (unpaired) electrons. The highest BCUT2D eigenvalue weighted by Gasteiger charge is 2.10. The fraction of sp³-hybridized carbons (Fsp3) is 0.235. The number of nitrogens with two attached hydrogens (primary N) is 1. The van der Waals surface area contributed by atoms with E-state index >= 15 is 0 Å². The van der Waals surface area contributed by atoms with Crippen LogP contribution in [0.15, 0.2) is 54.6 Å².